The Morgan fingerprint density at radius 1 is 1.46 bits per heavy atom. The number of nitrogens with one attached hydrogen (secondary N) is 1. The topological polar surface area (TPSA) is 38.3 Å². The van der Waals surface area contributed by atoms with Gasteiger partial charge in [0.25, 0.3) is 0 Å². The van der Waals surface area contributed by atoms with Crippen molar-refractivity contribution in [2.24, 2.45) is 0 Å². The molecule has 0 aromatic heterocycles. The molecule has 1 N–H and O–H groups in total. The van der Waals surface area contributed by atoms with Crippen molar-refractivity contribution in [2.75, 3.05) is 6.54 Å². The maximum absolute atomic E-state index is 12.1. The van der Waals surface area contributed by atoms with Crippen LogP contribution in [0.2, 0.25) is 0 Å². The van der Waals surface area contributed by atoms with Crippen LogP contribution in [0.4, 0.5) is 18.0 Å². The van der Waals surface area contributed by atoms with E-state index >= 15 is 0 Å². The van der Waals surface area contributed by atoms with Crippen molar-refractivity contribution in [1.82, 2.24) is 5.32 Å². The van der Waals surface area contributed by atoms with Crippen LogP contribution in [0.3, 0.4) is 0 Å². The molecular weight excluding hydrogens is 187 g/mol. The van der Waals surface area contributed by atoms with Gasteiger partial charge in [0.1, 0.15) is 0 Å². The molecule has 0 aliphatic rings. The molecule has 0 fully saturated rings. The SMILES string of the molecule is CCCCNC(=O)OC(F)C(F)F. The summed E-state index contributed by atoms with van der Waals surface area (Å²) in [5.41, 5.74) is 0. The summed E-state index contributed by atoms with van der Waals surface area (Å²) in [5.74, 6) is 0. The van der Waals surface area contributed by atoms with E-state index in [2.05, 4.69) is 10.1 Å². The quantitative estimate of drug-likeness (QED) is 0.688. The van der Waals surface area contributed by atoms with Gasteiger partial charge in [-0.15, -0.1) is 0 Å². The third kappa shape index (κ3) is 6.24. The van der Waals surface area contributed by atoms with Crippen LogP contribution in [0, 0.1) is 0 Å². The van der Waals surface area contributed by atoms with Crippen molar-refractivity contribution in [2.45, 2.75) is 32.5 Å². The third-order valence-corrected chi connectivity index (χ3v) is 1.22. The van der Waals surface area contributed by atoms with Crippen molar-refractivity contribution in [3.05, 3.63) is 0 Å². The van der Waals surface area contributed by atoms with Crippen LogP contribution in [0.15, 0.2) is 0 Å². The van der Waals surface area contributed by atoms with Gasteiger partial charge >= 0.3 is 18.9 Å². The Morgan fingerprint density at radius 2 is 2.08 bits per heavy atom. The smallest absolute Gasteiger partial charge is 0.409 e. The van der Waals surface area contributed by atoms with E-state index in [9.17, 15) is 18.0 Å². The van der Waals surface area contributed by atoms with Crippen molar-refractivity contribution < 1.29 is 22.7 Å². The molecule has 1 amide bonds. The number of halogens is 3. The minimum absolute atomic E-state index is 0.297. The molecule has 0 saturated carbocycles. The molecule has 0 spiro atoms. The first-order valence-corrected chi connectivity index (χ1v) is 3.94. The molecule has 0 saturated heterocycles. The standard InChI is InChI=1S/C7H12F3NO2/c1-2-3-4-11-7(12)13-6(10)5(8)9/h5-6H,2-4H2,1H3,(H,11,12). The highest BCUT2D eigenvalue weighted by molar-refractivity contribution is 5.67. The predicted octanol–water partition coefficient (Wildman–Crippen LogP) is 2.07. The Hall–Kier alpha value is -0.940. The maximum Gasteiger partial charge on any atom is 0.409 e. The Labute approximate surface area is 74.3 Å². The number of alkyl carbamates (subject to hydrolysis) is 1. The van der Waals surface area contributed by atoms with Crippen molar-refractivity contribution in [3.63, 3.8) is 0 Å². The lowest BCUT2D eigenvalue weighted by atomic mass is 10.3. The van der Waals surface area contributed by atoms with E-state index in [0.29, 0.717) is 13.0 Å². The number of hydrogen-bond acceptors (Lipinski definition) is 2. The van der Waals surface area contributed by atoms with Crippen molar-refractivity contribution >= 4 is 6.09 Å². The van der Waals surface area contributed by atoms with Crippen molar-refractivity contribution in [1.29, 1.82) is 0 Å². The molecule has 6 heteroatoms. The molecule has 3 nitrogen and oxygen atoms in total. The number of hydrogen-bond donors (Lipinski definition) is 1. The summed E-state index contributed by atoms with van der Waals surface area (Å²) in [4.78, 5) is 10.5. The van der Waals surface area contributed by atoms with Gasteiger partial charge in [0, 0.05) is 6.54 Å². The molecular formula is C7H12F3NO2. The second-order valence-corrected chi connectivity index (χ2v) is 2.37. The van der Waals surface area contributed by atoms with Gasteiger partial charge in [0.15, 0.2) is 0 Å². The molecule has 0 aromatic rings. The largest absolute Gasteiger partial charge is 0.409 e. The molecule has 0 aromatic carbocycles. The molecule has 0 aliphatic heterocycles. The zero-order chi connectivity index (χ0) is 10.3. The highest BCUT2D eigenvalue weighted by atomic mass is 19.3. The first-order valence-electron chi connectivity index (χ1n) is 3.94. The Balaban J connectivity index is 3.50. The Morgan fingerprint density at radius 3 is 2.54 bits per heavy atom. The van der Waals surface area contributed by atoms with Crippen LogP contribution in [0.5, 0.6) is 0 Å². The molecule has 0 heterocycles. The van der Waals surface area contributed by atoms with Crippen LogP contribution in [-0.2, 0) is 4.74 Å². The van der Waals surface area contributed by atoms with Crippen LogP contribution in [0.1, 0.15) is 19.8 Å². The van der Waals surface area contributed by atoms with Crippen LogP contribution < -0.4 is 5.32 Å². The summed E-state index contributed by atoms with van der Waals surface area (Å²) in [5, 5.41) is 2.13. The molecule has 0 radical (unpaired) electrons. The fraction of sp³-hybridized carbons (Fsp3) is 0.857. The maximum atomic E-state index is 12.1. The fourth-order valence-electron chi connectivity index (χ4n) is 0.563. The second kappa shape index (κ2) is 6.56. The van der Waals surface area contributed by atoms with Gasteiger partial charge in [0.05, 0.1) is 0 Å². The normalized spacial score (nSPS) is 12.7. The van der Waals surface area contributed by atoms with E-state index in [4.69, 9.17) is 0 Å². The lowest BCUT2D eigenvalue weighted by molar-refractivity contribution is -0.0902. The number of unbranched alkanes of at least 4 members (excludes halogenated alkanes) is 1. The zero-order valence-electron chi connectivity index (χ0n) is 7.23. The van der Waals surface area contributed by atoms with Gasteiger partial charge in [-0.1, -0.05) is 13.3 Å². The molecule has 0 aliphatic carbocycles. The van der Waals surface area contributed by atoms with Gasteiger partial charge < -0.3 is 10.1 Å². The predicted molar refractivity (Wildman–Crippen MR) is 40.3 cm³/mol. The summed E-state index contributed by atoms with van der Waals surface area (Å²) in [6.07, 6.45) is -5.76. The average molecular weight is 199 g/mol. The first kappa shape index (κ1) is 12.1. The summed E-state index contributed by atoms with van der Waals surface area (Å²) in [6, 6.07) is 0. The van der Waals surface area contributed by atoms with E-state index < -0.39 is 18.9 Å². The number of alkyl halides is 3. The van der Waals surface area contributed by atoms with E-state index in [1.165, 1.54) is 0 Å². The van der Waals surface area contributed by atoms with E-state index in [-0.39, 0.29) is 0 Å². The third-order valence-electron chi connectivity index (χ3n) is 1.22. The molecule has 13 heavy (non-hydrogen) atoms. The molecule has 0 bridgehead atoms. The van der Waals surface area contributed by atoms with Crippen LogP contribution in [-0.4, -0.2) is 25.4 Å². The molecule has 1 unspecified atom stereocenters. The highest BCUT2D eigenvalue weighted by Gasteiger charge is 2.22. The summed E-state index contributed by atoms with van der Waals surface area (Å²) in [6.45, 7) is 2.19. The van der Waals surface area contributed by atoms with Crippen LogP contribution >= 0.6 is 0 Å². The number of amides is 1. The van der Waals surface area contributed by atoms with E-state index in [0.717, 1.165) is 6.42 Å². The summed E-state index contributed by atoms with van der Waals surface area (Å²) < 4.78 is 38.7. The summed E-state index contributed by atoms with van der Waals surface area (Å²) >= 11 is 0. The zero-order valence-corrected chi connectivity index (χ0v) is 7.23. The van der Waals surface area contributed by atoms with Crippen molar-refractivity contribution in [3.8, 4) is 0 Å². The number of carbonyl (C=O) groups is 1. The molecule has 78 valence electrons. The second-order valence-electron chi connectivity index (χ2n) is 2.37. The number of rotatable bonds is 5. The average Bonchev–Trinajstić information content (AvgIpc) is 2.04. The number of ether oxygens (including phenoxy) is 1. The molecule has 0 rings (SSSR count). The van der Waals surface area contributed by atoms with Gasteiger partial charge in [-0.25, -0.2) is 13.6 Å². The minimum Gasteiger partial charge on any atom is -0.409 e. The van der Waals surface area contributed by atoms with Gasteiger partial charge in [0.2, 0.25) is 0 Å². The van der Waals surface area contributed by atoms with E-state index in [1.54, 1.807) is 0 Å². The van der Waals surface area contributed by atoms with Gasteiger partial charge in [-0.2, -0.15) is 4.39 Å². The van der Waals surface area contributed by atoms with E-state index in [1.807, 2.05) is 6.92 Å². The first-order chi connectivity index (χ1) is 6.07. The number of carbonyl (C=O) groups excluding carboxylic acids is 1. The Kier molecular flexibility index (Phi) is 6.09. The lowest BCUT2D eigenvalue weighted by Gasteiger charge is -2.09. The highest BCUT2D eigenvalue weighted by Crippen LogP contribution is 2.06. The lowest BCUT2D eigenvalue weighted by Crippen LogP contribution is -2.30. The van der Waals surface area contributed by atoms with Gasteiger partial charge in [-0.3, -0.25) is 0 Å². The fourth-order valence-corrected chi connectivity index (χ4v) is 0.563. The monoisotopic (exact) mass is 199 g/mol. The van der Waals surface area contributed by atoms with Crippen LogP contribution in [0.25, 0.3) is 0 Å². The Bertz CT molecular complexity index is 155. The minimum atomic E-state index is -3.29. The molecule has 1 atom stereocenters. The van der Waals surface area contributed by atoms with Gasteiger partial charge in [-0.05, 0) is 6.42 Å². The summed E-state index contributed by atoms with van der Waals surface area (Å²) in [7, 11) is 0.